The number of halogens is 2. The van der Waals surface area contributed by atoms with E-state index >= 15 is 0 Å². The van der Waals surface area contributed by atoms with Crippen molar-refractivity contribution in [2.24, 2.45) is 4.99 Å². The molecule has 0 unspecified atom stereocenters. The van der Waals surface area contributed by atoms with E-state index in [1.54, 1.807) is 42.9 Å². The SMILES string of the molecule is CCOC(=O)C1=C(c2ccccc2)N=c2s/c(=C\c3ccc(OCc4ccc(Cl)c(Cl)c4)c(OC)c3)c(=O)n2[C@H]1c1ccc(C(C)C)cc1. The molecule has 5 aromatic rings. The second kappa shape index (κ2) is 14.9. The number of hydrogen-bond donors (Lipinski definition) is 0. The van der Waals surface area contributed by atoms with E-state index in [0.29, 0.717) is 48.1 Å². The van der Waals surface area contributed by atoms with Crippen molar-refractivity contribution >= 4 is 52.3 Å². The number of fused-ring (bicyclic) bond motifs is 1. The first-order valence-electron chi connectivity index (χ1n) is 15.8. The first kappa shape index (κ1) is 34.2. The predicted molar refractivity (Wildman–Crippen MR) is 195 cm³/mol. The number of benzene rings is 4. The number of ether oxygens (including phenoxy) is 3. The van der Waals surface area contributed by atoms with E-state index in [1.165, 1.54) is 11.3 Å². The minimum atomic E-state index is -0.749. The molecule has 0 aliphatic carbocycles. The molecule has 10 heteroatoms. The molecule has 1 atom stereocenters. The maximum Gasteiger partial charge on any atom is 0.338 e. The Kier molecular flexibility index (Phi) is 10.4. The zero-order chi connectivity index (χ0) is 34.7. The number of thiazole rings is 1. The lowest BCUT2D eigenvalue weighted by Crippen LogP contribution is -2.40. The number of rotatable bonds is 10. The number of esters is 1. The molecule has 0 spiro atoms. The van der Waals surface area contributed by atoms with Crippen LogP contribution in [0.5, 0.6) is 11.5 Å². The lowest BCUT2D eigenvalue weighted by atomic mass is 9.91. The molecular formula is C39H34Cl2N2O5S. The molecule has 250 valence electrons. The zero-order valence-electron chi connectivity index (χ0n) is 27.4. The molecule has 7 nitrogen and oxygen atoms in total. The standard InChI is InChI=1S/C39H34Cl2N2O5S/c1-5-47-38(45)34-35(27-9-7-6-8-10-27)42-39-43(36(34)28-15-13-26(14-16-28)23(2)3)37(44)33(49-39)21-24-12-18-31(32(20-24)46-4)48-22-25-11-17-29(40)30(41)19-25/h6-21,23,36H,5,22H2,1-4H3/b33-21-/t36-/m0/s1. The van der Waals surface area contributed by atoms with E-state index in [-0.39, 0.29) is 18.8 Å². The van der Waals surface area contributed by atoms with Gasteiger partial charge >= 0.3 is 5.97 Å². The van der Waals surface area contributed by atoms with Crippen molar-refractivity contribution in [2.75, 3.05) is 13.7 Å². The topological polar surface area (TPSA) is 79.1 Å². The van der Waals surface area contributed by atoms with Gasteiger partial charge in [-0.2, -0.15) is 0 Å². The van der Waals surface area contributed by atoms with Crippen molar-refractivity contribution in [2.45, 2.75) is 39.3 Å². The molecular weight excluding hydrogens is 679 g/mol. The first-order chi connectivity index (χ1) is 23.7. The van der Waals surface area contributed by atoms with Gasteiger partial charge in [0.15, 0.2) is 16.3 Å². The van der Waals surface area contributed by atoms with Crippen LogP contribution in [0.2, 0.25) is 10.0 Å². The van der Waals surface area contributed by atoms with Crippen molar-refractivity contribution in [3.8, 4) is 11.5 Å². The third kappa shape index (κ3) is 7.22. The van der Waals surface area contributed by atoms with Crippen molar-refractivity contribution < 1.29 is 19.0 Å². The smallest absolute Gasteiger partial charge is 0.338 e. The Hall–Kier alpha value is -4.63. The van der Waals surface area contributed by atoms with Gasteiger partial charge in [0.1, 0.15) is 6.61 Å². The molecule has 0 saturated heterocycles. The Morgan fingerprint density at radius 1 is 0.959 bits per heavy atom. The normalized spacial score (nSPS) is 14.4. The van der Waals surface area contributed by atoms with Gasteiger partial charge in [0.25, 0.3) is 5.56 Å². The van der Waals surface area contributed by atoms with Gasteiger partial charge in [0.2, 0.25) is 0 Å². The number of hydrogen-bond acceptors (Lipinski definition) is 7. The number of carbonyl (C=O) groups is 1. The van der Waals surface area contributed by atoms with Crippen molar-refractivity contribution in [3.05, 3.63) is 154 Å². The van der Waals surface area contributed by atoms with Crippen molar-refractivity contribution in [1.29, 1.82) is 0 Å². The van der Waals surface area contributed by atoms with Crippen LogP contribution < -0.4 is 24.4 Å². The molecule has 0 amide bonds. The van der Waals surface area contributed by atoms with Crippen LogP contribution in [0.4, 0.5) is 0 Å². The lowest BCUT2D eigenvalue weighted by Gasteiger charge is -2.26. The van der Waals surface area contributed by atoms with Crippen LogP contribution in [0, 0.1) is 0 Å². The maximum absolute atomic E-state index is 14.3. The molecule has 0 fully saturated rings. The van der Waals surface area contributed by atoms with Crippen LogP contribution in [0.15, 0.2) is 106 Å². The van der Waals surface area contributed by atoms with Crippen LogP contribution in [0.25, 0.3) is 11.8 Å². The molecule has 6 rings (SSSR count). The fourth-order valence-corrected chi connectivity index (χ4v) is 6.98. The maximum atomic E-state index is 14.3. The lowest BCUT2D eigenvalue weighted by molar-refractivity contribution is -0.138. The molecule has 2 heterocycles. The van der Waals surface area contributed by atoms with E-state index in [2.05, 4.69) is 13.8 Å². The van der Waals surface area contributed by atoms with E-state index in [1.807, 2.05) is 72.8 Å². The third-order valence-corrected chi connectivity index (χ3v) is 9.88. The minimum absolute atomic E-state index is 0.183. The van der Waals surface area contributed by atoms with Crippen molar-refractivity contribution in [1.82, 2.24) is 4.57 Å². The average Bonchev–Trinajstić information content (AvgIpc) is 3.42. The second-order valence-electron chi connectivity index (χ2n) is 11.7. The van der Waals surface area contributed by atoms with Crippen molar-refractivity contribution in [3.63, 3.8) is 0 Å². The summed E-state index contributed by atoms with van der Waals surface area (Å²) >= 11 is 13.5. The summed E-state index contributed by atoms with van der Waals surface area (Å²) in [5.41, 5.74) is 4.81. The molecule has 1 aliphatic heterocycles. The summed E-state index contributed by atoms with van der Waals surface area (Å²) in [7, 11) is 1.56. The summed E-state index contributed by atoms with van der Waals surface area (Å²) in [6.07, 6.45) is 1.80. The summed E-state index contributed by atoms with van der Waals surface area (Å²) in [5, 5.41) is 0.924. The molecule has 1 aliphatic rings. The Morgan fingerprint density at radius 2 is 1.71 bits per heavy atom. The third-order valence-electron chi connectivity index (χ3n) is 8.16. The highest BCUT2D eigenvalue weighted by molar-refractivity contribution is 7.07. The van der Waals surface area contributed by atoms with Gasteiger partial charge in [-0.1, -0.05) is 115 Å². The summed E-state index contributed by atoms with van der Waals surface area (Å²) < 4.78 is 19.3. The Balaban J connectivity index is 1.46. The van der Waals surface area contributed by atoms with Gasteiger partial charge < -0.3 is 14.2 Å². The van der Waals surface area contributed by atoms with E-state index in [0.717, 1.165) is 27.8 Å². The molecule has 4 aromatic carbocycles. The summed E-state index contributed by atoms with van der Waals surface area (Å²) in [6, 6.07) is 27.6. The highest BCUT2D eigenvalue weighted by atomic mass is 35.5. The number of aromatic nitrogens is 1. The summed E-state index contributed by atoms with van der Waals surface area (Å²) in [4.78, 5) is 33.5. The van der Waals surface area contributed by atoms with E-state index in [4.69, 9.17) is 42.4 Å². The quantitative estimate of drug-likeness (QED) is 0.137. The van der Waals surface area contributed by atoms with Crippen LogP contribution in [-0.4, -0.2) is 24.3 Å². The predicted octanol–water partition coefficient (Wildman–Crippen LogP) is 7.95. The Morgan fingerprint density at radius 3 is 2.39 bits per heavy atom. The van der Waals surface area contributed by atoms with Crippen LogP contribution in [-0.2, 0) is 16.1 Å². The average molecular weight is 714 g/mol. The van der Waals surface area contributed by atoms with Gasteiger partial charge in [-0.15, -0.1) is 0 Å². The second-order valence-corrected chi connectivity index (χ2v) is 13.5. The minimum Gasteiger partial charge on any atom is -0.493 e. The molecule has 0 radical (unpaired) electrons. The van der Waals surface area contributed by atoms with Crippen LogP contribution in [0.1, 0.15) is 60.5 Å². The van der Waals surface area contributed by atoms with Crippen LogP contribution >= 0.6 is 34.5 Å². The molecule has 0 N–H and O–H groups in total. The zero-order valence-corrected chi connectivity index (χ0v) is 29.7. The Labute approximate surface area is 298 Å². The number of carbonyl (C=O) groups excluding carboxylic acids is 1. The van der Waals surface area contributed by atoms with Gasteiger partial charge in [-0.3, -0.25) is 9.36 Å². The molecule has 1 aromatic heterocycles. The van der Waals surface area contributed by atoms with Gasteiger partial charge in [-0.05, 0) is 65.4 Å². The van der Waals surface area contributed by atoms with Gasteiger partial charge in [0, 0.05) is 5.56 Å². The summed E-state index contributed by atoms with van der Waals surface area (Å²) in [6.45, 7) is 6.45. The molecule has 0 saturated carbocycles. The highest BCUT2D eigenvalue weighted by Gasteiger charge is 2.35. The highest BCUT2D eigenvalue weighted by Crippen LogP contribution is 2.36. The largest absolute Gasteiger partial charge is 0.493 e. The molecule has 0 bridgehead atoms. The van der Waals surface area contributed by atoms with Gasteiger partial charge in [0.05, 0.1) is 45.6 Å². The van der Waals surface area contributed by atoms with Crippen LogP contribution in [0.3, 0.4) is 0 Å². The monoisotopic (exact) mass is 712 g/mol. The number of nitrogens with zero attached hydrogens (tertiary/aromatic N) is 2. The van der Waals surface area contributed by atoms with E-state index < -0.39 is 12.0 Å². The molecule has 49 heavy (non-hydrogen) atoms. The van der Waals surface area contributed by atoms with E-state index in [9.17, 15) is 9.59 Å². The number of methoxy groups -OCH3 is 1. The fourth-order valence-electron chi connectivity index (χ4n) is 5.65. The first-order valence-corrected chi connectivity index (χ1v) is 17.4. The fraction of sp³-hybridized carbons (Fsp3) is 0.205. The van der Waals surface area contributed by atoms with Gasteiger partial charge in [-0.25, -0.2) is 9.79 Å². The Bertz CT molecular complexity index is 2220. The summed E-state index contributed by atoms with van der Waals surface area (Å²) in [5.74, 6) is 0.837.